The van der Waals surface area contributed by atoms with Gasteiger partial charge in [-0.3, -0.25) is 4.79 Å². The molecular formula is C11H24N2O6. The third-order valence-electron chi connectivity index (χ3n) is 2.64. The Morgan fingerprint density at radius 2 is 1.79 bits per heavy atom. The molecule has 0 aliphatic rings. The van der Waals surface area contributed by atoms with Crippen molar-refractivity contribution < 1.29 is 30.0 Å². The Morgan fingerprint density at radius 1 is 1.16 bits per heavy atom. The van der Waals surface area contributed by atoms with Crippen LogP contribution in [0.4, 0.5) is 0 Å². The van der Waals surface area contributed by atoms with Crippen LogP contribution in [0.3, 0.4) is 0 Å². The molecule has 0 rings (SSSR count). The van der Waals surface area contributed by atoms with Crippen molar-refractivity contribution in [3.8, 4) is 0 Å². The lowest BCUT2D eigenvalue weighted by molar-refractivity contribution is -0.154. The Kier molecular flexibility index (Phi) is 9.66. The average molecular weight is 280 g/mol. The molecule has 0 amide bonds. The van der Waals surface area contributed by atoms with Gasteiger partial charge in [0, 0.05) is 0 Å². The van der Waals surface area contributed by atoms with E-state index < -0.39 is 43.5 Å². The first kappa shape index (κ1) is 18.2. The highest BCUT2D eigenvalue weighted by Crippen LogP contribution is 2.04. The van der Waals surface area contributed by atoms with Gasteiger partial charge in [-0.05, 0) is 19.4 Å². The first-order valence-electron chi connectivity index (χ1n) is 6.21. The second-order valence-electron chi connectivity index (χ2n) is 4.33. The van der Waals surface area contributed by atoms with Crippen molar-refractivity contribution in [2.45, 2.75) is 43.6 Å². The minimum atomic E-state index is -1.59. The second-order valence-corrected chi connectivity index (χ2v) is 4.33. The molecule has 0 saturated heterocycles. The van der Waals surface area contributed by atoms with Crippen LogP contribution in [0.2, 0.25) is 0 Å². The molecule has 0 aromatic carbocycles. The molecule has 0 radical (unpaired) electrons. The van der Waals surface area contributed by atoms with Crippen LogP contribution in [0.15, 0.2) is 0 Å². The predicted molar refractivity (Wildman–Crippen MR) is 66.9 cm³/mol. The molecule has 8 nitrogen and oxygen atoms in total. The molecule has 0 spiro atoms. The van der Waals surface area contributed by atoms with E-state index in [1.807, 2.05) is 0 Å². The normalized spacial score (nSPS) is 17.6. The molecular weight excluding hydrogens is 256 g/mol. The van der Waals surface area contributed by atoms with E-state index in [-0.39, 0.29) is 0 Å². The van der Waals surface area contributed by atoms with Crippen molar-refractivity contribution in [2.24, 2.45) is 11.5 Å². The van der Waals surface area contributed by atoms with E-state index in [9.17, 15) is 15.0 Å². The summed E-state index contributed by atoms with van der Waals surface area (Å²) in [6, 6.07) is -0.807. The number of hydrogen-bond donors (Lipinski definition) is 6. The van der Waals surface area contributed by atoms with Crippen LogP contribution in [0.5, 0.6) is 0 Å². The number of aliphatic hydroxyl groups is 4. The number of carbonyl (C=O) groups excluding carboxylic acids is 1. The van der Waals surface area contributed by atoms with Crippen LogP contribution in [0.1, 0.15) is 19.3 Å². The topological polar surface area (TPSA) is 159 Å². The molecule has 8 heteroatoms. The Hall–Kier alpha value is -0.770. The number of esters is 1. The fraction of sp³-hybridized carbons (Fsp3) is 0.909. The maximum atomic E-state index is 11.4. The highest BCUT2D eigenvalue weighted by molar-refractivity contribution is 5.75. The van der Waals surface area contributed by atoms with Crippen molar-refractivity contribution in [3.05, 3.63) is 0 Å². The Morgan fingerprint density at radius 3 is 2.32 bits per heavy atom. The zero-order chi connectivity index (χ0) is 14.8. The van der Waals surface area contributed by atoms with E-state index in [0.717, 1.165) is 6.42 Å². The van der Waals surface area contributed by atoms with Crippen molar-refractivity contribution in [3.63, 3.8) is 0 Å². The molecule has 0 heterocycles. The van der Waals surface area contributed by atoms with Crippen molar-refractivity contribution in [2.75, 3.05) is 19.8 Å². The molecule has 19 heavy (non-hydrogen) atoms. The minimum absolute atomic E-state index is 0.425. The van der Waals surface area contributed by atoms with Gasteiger partial charge < -0.3 is 36.6 Å². The van der Waals surface area contributed by atoms with Crippen molar-refractivity contribution in [1.29, 1.82) is 0 Å². The van der Waals surface area contributed by atoms with Crippen LogP contribution in [0.25, 0.3) is 0 Å². The fourth-order valence-electron chi connectivity index (χ4n) is 1.36. The average Bonchev–Trinajstić information content (AvgIpc) is 2.42. The molecule has 0 saturated carbocycles. The summed E-state index contributed by atoms with van der Waals surface area (Å²) in [5.41, 5.74) is 10.9. The van der Waals surface area contributed by atoms with E-state index >= 15 is 0 Å². The van der Waals surface area contributed by atoms with E-state index in [4.69, 9.17) is 26.4 Å². The van der Waals surface area contributed by atoms with E-state index in [1.54, 1.807) is 0 Å². The van der Waals surface area contributed by atoms with Gasteiger partial charge in [0.25, 0.3) is 0 Å². The van der Waals surface area contributed by atoms with Crippen LogP contribution in [0, 0.1) is 0 Å². The molecule has 0 aromatic heterocycles. The summed E-state index contributed by atoms with van der Waals surface area (Å²) in [4.78, 5) is 11.4. The fourth-order valence-corrected chi connectivity index (χ4v) is 1.36. The first-order valence-corrected chi connectivity index (χ1v) is 6.21. The maximum absolute atomic E-state index is 11.4. The van der Waals surface area contributed by atoms with Gasteiger partial charge in [-0.15, -0.1) is 0 Å². The standard InChI is InChI=1S/C11H24N2O6/c12-4-2-1-3-7(13)11(18)19-6-9(16)10(17)8(15)5-14/h7-10,14-17H,1-6,12-13H2/t7-,8+,9-,10-/m0/s1. The molecule has 0 aliphatic heterocycles. The van der Waals surface area contributed by atoms with Gasteiger partial charge in [0.05, 0.1) is 6.61 Å². The van der Waals surface area contributed by atoms with Crippen LogP contribution in [-0.4, -0.2) is 70.5 Å². The van der Waals surface area contributed by atoms with Crippen LogP contribution >= 0.6 is 0 Å². The number of aliphatic hydroxyl groups excluding tert-OH is 4. The van der Waals surface area contributed by atoms with Gasteiger partial charge >= 0.3 is 5.97 Å². The Balaban J connectivity index is 3.94. The number of unbranched alkanes of at least 4 members (excludes halogenated alkanes) is 1. The van der Waals surface area contributed by atoms with Crippen molar-refractivity contribution in [1.82, 2.24) is 0 Å². The predicted octanol–water partition coefficient (Wildman–Crippen LogP) is -2.94. The van der Waals surface area contributed by atoms with E-state index in [1.165, 1.54) is 0 Å². The largest absolute Gasteiger partial charge is 0.462 e. The molecule has 0 unspecified atom stereocenters. The lowest BCUT2D eigenvalue weighted by Crippen LogP contribution is -2.43. The van der Waals surface area contributed by atoms with Gasteiger partial charge in [0.2, 0.25) is 0 Å². The molecule has 0 bridgehead atoms. The number of ether oxygens (including phenoxy) is 1. The van der Waals surface area contributed by atoms with Gasteiger partial charge in [-0.1, -0.05) is 6.42 Å². The molecule has 4 atom stereocenters. The molecule has 0 aliphatic carbocycles. The molecule has 8 N–H and O–H groups in total. The van der Waals surface area contributed by atoms with Gasteiger partial charge in [0.15, 0.2) is 0 Å². The van der Waals surface area contributed by atoms with Gasteiger partial charge in [-0.2, -0.15) is 0 Å². The number of carbonyl (C=O) groups is 1. The summed E-state index contributed by atoms with van der Waals surface area (Å²) >= 11 is 0. The summed E-state index contributed by atoms with van der Waals surface area (Å²) < 4.78 is 4.71. The number of nitrogens with two attached hydrogens (primary N) is 2. The number of hydrogen-bond acceptors (Lipinski definition) is 8. The third kappa shape index (κ3) is 7.41. The van der Waals surface area contributed by atoms with Gasteiger partial charge in [0.1, 0.15) is 31.0 Å². The van der Waals surface area contributed by atoms with E-state index in [0.29, 0.717) is 19.4 Å². The summed E-state index contributed by atoms with van der Waals surface area (Å²) in [5, 5.41) is 36.4. The Labute approximate surface area is 112 Å². The molecule has 0 fully saturated rings. The van der Waals surface area contributed by atoms with E-state index in [2.05, 4.69) is 0 Å². The summed E-state index contributed by atoms with van der Waals surface area (Å²) in [6.07, 6.45) is -2.69. The lowest BCUT2D eigenvalue weighted by atomic mass is 10.1. The van der Waals surface area contributed by atoms with Crippen molar-refractivity contribution >= 4 is 5.97 Å². The maximum Gasteiger partial charge on any atom is 0.323 e. The van der Waals surface area contributed by atoms with Crippen LogP contribution < -0.4 is 11.5 Å². The minimum Gasteiger partial charge on any atom is -0.462 e. The highest BCUT2D eigenvalue weighted by Gasteiger charge is 2.26. The quantitative estimate of drug-likeness (QED) is 0.183. The number of rotatable bonds is 10. The van der Waals surface area contributed by atoms with Gasteiger partial charge in [-0.25, -0.2) is 0 Å². The third-order valence-corrected chi connectivity index (χ3v) is 2.64. The smallest absolute Gasteiger partial charge is 0.323 e. The van der Waals surface area contributed by atoms with Crippen LogP contribution in [-0.2, 0) is 9.53 Å². The molecule has 0 aromatic rings. The highest BCUT2D eigenvalue weighted by atomic mass is 16.5. The lowest BCUT2D eigenvalue weighted by Gasteiger charge is -2.21. The monoisotopic (exact) mass is 280 g/mol. The Bertz CT molecular complexity index is 253. The summed E-state index contributed by atoms with van der Waals surface area (Å²) in [6.45, 7) is -0.682. The summed E-state index contributed by atoms with van der Waals surface area (Å²) in [5.74, 6) is -0.693. The zero-order valence-corrected chi connectivity index (χ0v) is 10.8. The first-order chi connectivity index (χ1) is 8.93. The zero-order valence-electron chi connectivity index (χ0n) is 10.8. The second kappa shape index (κ2) is 10.1. The SMILES string of the molecule is NCCCC[C@H](N)C(=O)OC[C@H](O)[C@@H](O)[C@H](O)CO. The summed E-state index contributed by atoms with van der Waals surface area (Å²) in [7, 11) is 0. The molecule has 114 valence electrons.